The van der Waals surface area contributed by atoms with E-state index >= 15 is 0 Å². The van der Waals surface area contributed by atoms with Gasteiger partial charge in [-0.3, -0.25) is 4.68 Å². The average molecular weight is 463 g/mol. The Morgan fingerprint density at radius 1 is 1.12 bits per heavy atom. The van der Waals surface area contributed by atoms with Crippen molar-refractivity contribution in [2.24, 2.45) is 0 Å². The van der Waals surface area contributed by atoms with Crippen molar-refractivity contribution in [1.82, 2.24) is 24.6 Å². The number of hydrogen-bond acceptors (Lipinski definition) is 8. The van der Waals surface area contributed by atoms with Crippen molar-refractivity contribution in [1.29, 1.82) is 0 Å². The van der Waals surface area contributed by atoms with E-state index < -0.39 is 5.60 Å². The summed E-state index contributed by atoms with van der Waals surface area (Å²) in [5.74, 6) is 1.60. The predicted octanol–water partition coefficient (Wildman–Crippen LogP) is 3.08. The highest BCUT2D eigenvalue weighted by Gasteiger charge is 2.39. The molecule has 1 aliphatic carbocycles. The van der Waals surface area contributed by atoms with Gasteiger partial charge in [-0.25, -0.2) is 9.97 Å². The number of aromatic nitrogens is 4. The van der Waals surface area contributed by atoms with Gasteiger partial charge in [-0.15, -0.1) is 0 Å². The Morgan fingerprint density at radius 2 is 1.91 bits per heavy atom. The molecule has 178 valence electrons. The number of benzene rings is 1. The van der Waals surface area contributed by atoms with Gasteiger partial charge in [0, 0.05) is 5.56 Å². The van der Waals surface area contributed by atoms with Crippen LogP contribution in [0.2, 0.25) is 0 Å². The van der Waals surface area contributed by atoms with Gasteiger partial charge in [0.2, 0.25) is 0 Å². The molecule has 9 nitrogen and oxygen atoms in total. The Bertz CT molecular complexity index is 1200. The number of ether oxygens (including phenoxy) is 2. The van der Waals surface area contributed by atoms with Crippen LogP contribution in [0.25, 0.3) is 11.3 Å². The molecule has 2 saturated heterocycles. The number of aliphatic hydroxyl groups is 1. The number of likely N-dealkylation sites (tertiary alicyclic amines) is 1. The van der Waals surface area contributed by atoms with Gasteiger partial charge in [0.25, 0.3) is 5.88 Å². The van der Waals surface area contributed by atoms with Crippen molar-refractivity contribution < 1.29 is 14.6 Å². The summed E-state index contributed by atoms with van der Waals surface area (Å²) in [4.78, 5) is 11.4. The summed E-state index contributed by atoms with van der Waals surface area (Å²) >= 11 is 0. The molecule has 0 atom stereocenters. The second-order valence-electron chi connectivity index (χ2n) is 9.88. The molecule has 2 aromatic heterocycles. The highest BCUT2D eigenvalue weighted by atomic mass is 16.5. The molecule has 2 aliphatic heterocycles. The van der Waals surface area contributed by atoms with E-state index in [4.69, 9.17) is 20.2 Å². The second kappa shape index (κ2) is 8.33. The van der Waals surface area contributed by atoms with Crippen LogP contribution in [-0.2, 0) is 10.3 Å². The Kier molecular flexibility index (Phi) is 5.28. The summed E-state index contributed by atoms with van der Waals surface area (Å²) in [5, 5.41) is 15.4. The first-order valence-corrected chi connectivity index (χ1v) is 12.0. The van der Waals surface area contributed by atoms with E-state index in [1.54, 1.807) is 12.4 Å². The van der Waals surface area contributed by atoms with Crippen LogP contribution in [0, 0.1) is 0 Å². The summed E-state index contributed by atoms with van der Waals surface area (Å²) < 4.78 is 13.3. The van der Waals surface area contributed by atoms with Crippen molar-refractivity contribution in [3.63, 3.8) is 0 Å². The van der Waals surface area contributed by atoms with E-state index in [9.17, 15) is 5.11 Å². The van der Waals surface area contributed by atoms with Crippen molar-refractivity contribution in [2.45, 2.75) is 43.2 Å². The van der Waals surface area contributed by atoms with Crippen molar-refractivity contribution in [3.8, 4) is 22.9 Å². The lowest BCUT2D eigenvalue weighted by atomic mass is 9.88. The molecule has 4 heterocycles. The van der Waals surface area contributed by atoms with Gasteiger partial charge in [0.1, 0.15) is 5.60 Å². The number of anilines is 1. The van der Waals surface area contributed by atoms with Crippen LogP contribution < -0.4 is 10.5 Å². The number of piperidine rings is 1. The minimum absolute atomic E-state index is 0.223. The maximum absolute atomic E-state index is 10.9. The molecule has 0 radical (unpaired) electrons. The molecular weight excluding hydrogens is 432 g/mol. The van der Waals surface area contributed by atoms with Gasteiger partial charge in [-0.05, 0) is 75.0 Å². The van der Waals surface area contributed by atoms with Gasteiger partial charge in [-0.1, -0.05) is 6.07 Å². The van der Waals surface area contributed by atoms with Gasteiger partial charge in [0.05, 0.1) is 43.5 Å². The number of rotatable bonds is 6. The van der Waals surface area contributed by atoms with Crippen LogP contribution in [0.4, 0.5) is 5.82 Å². The highest BCUT2D eigenvalue weighted by molar-refractivity contribution is 5.64. The van der Waals surface area contributed by atoms with Crippen LogP contribution >= 0.6 is 0 Å². The molecule has 3 aromatic rings. The summed E-state index contributed by atoms with van der Waals surface area (Å²) in [7, 11) is 2.14. The Morgan fingerprint density at radius 3 is 2.62 bits per heavy atom. The van der Waals surface area contributed by atoms with Crippen LogP contribution in [-0.4, -0.2) is 63.1 Å². The minimum Gasteiger partial charge on any atom is -0.433 e. The van der Waals surface area contributed by atoms with Gasteiger partial charge >= 0.3 is 0 Å². The van der Waals surface area contributed by atoms with E-state index in [1.165, 1.54) is 18.4 Å². The average Bonchev–Trinajstić information content (AvgIpc) is 3.58. The molecule has 9 heteroatoms. The van der Waals surface area contributed by atoms with Gasteiger partial charge < -0.3 is 25.2 Å². The third-order valence-corrected chi connectivity index (χ3v) is 7.14. The van der Waals surface area contributed by atoms with E-state index in [0.29, 0.717) is 36.6 Å². The zero-order chi connectivity index (χ0) is 23.3. The topological polar surface area (TPSA) is 112 Å². The molecule has 0 amide bonds. The SMILES string of the molecule is CN1CCC(n2cc(Oc3nc(-c4cc(C5CC5)cc(C5(O)COC5)c4)cnc3N)cn2)CC1. The summed E-state index contributed by atoms with van der Waals surface area (Å²) in [5.41, 5.74) is 8.78. The predicted molar refractivity (Wildman–Crippen MR) is 127 cm³/mol. The fourth-order valence-electron chi connectivity index (χ4n) is 4.72. The molecule has 34 heavy (non-hydrogen) atoms. The molecule has 1 saturated carbocycles. The second-order valence-corrected chi connectivity index (χ2v) is 9.88. The number of hydrogen-bond donors (Lipinski definition) is 2. The fourth-order valence-corrected chi connectivity index (χ4v) is 4.72. The van der Waals surface area contributed by atoms with Gasteiger partial charge in [0.15, 0.2) is 11.6 Å². The molecule has 3 N–H and O–H groups in total. The number of nitrogen functional groups attached to an aromatic ring is 1. The fraction of sp³-hybridized carbons (Fsp3) is 0.480. The third kappa shape index (κ3) is 4.15. The molecule has 0 bridgehead atoms. The number of nitrogens with two attached hydrogens (primary N) is 1. The van der Waals surface area contributed by atoms with Crippen molar-refractivity contribution in [2.75, 3.05) is 39.1 Å². The molecule has 6 rings (SSSR count). The van der Waals surface area contributed by atoms with Crippen LogP contribution in [0.3, 0.4) is 0 Å². The normalized spacial score (nSPS) is 20.8. The van der Waals surface area contributed by atoms with E-state index in [2.05, 4.69) is 34.2 Å². The maximum Gasteiger partial charge on any atom is 0.263 e. The zero-order valence-corrected chi connectivity index (χ0v) is 19.4. The molecule has 0 spiro atoms. The maximum atomic E-state index is 10.9. The Balaban J connectivity index is 1.27. The van der Waals surface area contributed by atoms with E-state index in [1.807, 2.05) is 16.9 Å². The first kappa shape index (κ1) is 21.5. The molecule has 3 aliphatic rings. The largest absolute Gasteiger partial charge is 0.433 e. The minimum atomic E-state index is -0.942. The zero-order valence-electron chi connectivity index (χ0n) is 19.4. The van der Waals surface area contributed by atoms with E-state index in [0.717, 1.165) is 37.1 Å². The molecule has 0 unspecified atom stereocenters. The van der Waals surface area contributed by atoms with Crippen LogP contribution in [0.15, 0.2) is 36.8 Å². The smallest absolute Gasteiger partial charge is 0.263 e. The highest BCUT2D eigenvalue weighted by Crippen LogP contribution is 2.43. The van der Waals surface area contributed by atoms with Crippen LogP contribution in [0.1, 0.15) is 48.8 Å². The first-order valence-electron chi connectivity index (χ1n) is 12.0. The van der Waals surface area contributed by atoms with Gasteiger partial charge in [-0.2, -0.15) is 5.10 Å². The first-order chi connectivity index (χ1) is 16.5. The Labute approximate surface area is 198 Å². The Hall–Kier alpha value is -3.01. The lowest BCUT2D eigenvalue weighted by Crippen LogP contribution is -2.46. The standard InChI is InChI=1S/C25H30N6O3/c1-30-6-4-20(5-7-30)31-13-21(11-28-31)34-24-23(26)27-12-22(29-24)18-8-17(16-2-3-16)9-19(10-18)25(32)14-33-15-25/h8-13,16,20,32H,2-7,14-15H2,1H3,(H2,26,27). The van der Waals surface area contributed by atoms with Crippen molar-refractivity contribution >= 4 is 5.82 Å². The number of nitrogens with zero attached hydrogens (tertiary/aromatic N) is 5. The lowest BCUT2D eigenvalue weighted by molar-refractivity contribution is -0.184. The molecule has 1 aromatic carbocycles. The lowest BCUT2D eigenvalue weighted by Gasteiger charge is -2.37. The summed E-state index contributed by atoms with van der Waals surface area (Å²) in [6, 6.07) is 6.57. The van der Waals surface area contributed by atoms with E-state index in [-0.39, 0.29) is 11.7 Å². The monoisotopic (exact) mass is 462 g/mol. The molecule has 3 fully saturated rings. The quantitative estimate of drug-likeness (QED) is 0.575. The van der Waals surface area contributed by atoms with Crippen LogP contribution in [0.5, 0.6) is 11.6 Å². The molecular formula is C25H30N6O3. The summed E-state index contributed by atoms with van der Waals surface area (Å²) in [6.07, 6.45) is 9.72. The third-order valence-electron chi connectivity index (χ3n) is 7.14. The summed E-state index contributed by atoms with van der Waals surface area (Å²) in [6.45, 7) is 2.74. The van der Waals surface area contributed by atoms with Crippen molar-refractivity contribution in [3.05, 3.63) is 47.9 Å².